The number of amides is 1. The molecule has 1 aliphatic heterocycles. The molecule has 0 saturated carbocycles. The molecule has 1 saturated heterocycles. The molecule has 6 heteroatoms. The Labute approximate surface area is 123 Å². The van der Waals surface area contributed by atoms with Gasteiger partial charge in [-0.3, -0.25) is 4.79 Å². The molecule has 2 rings (SSSR count). The van der Waals surface area contributed by atoms with Crippen molar-refractivity contribution in [3.8, 4) is 5.75 Å². The van der Waals surface area contributed by atoms with Gasteiger partial charge in [-0.1, -0.05) is 6.07 Å². The van der Waals surface area contributed by atoms with Gasteiger partial charge in [-0.05, 0) is 31.9 Å². The highest BCUT2D eigenvalue weighted by Gasteiger charge is 2.35. The van der Waals surface area contributed by atoms with Gasteiger partial charge >= 0.3 is 5.97 Å². The van der Waals surface area contributed by atoms with Crippen LogP contribution in [0.15, 0.2) is 24.3 Å². The summed E-state index contributed by atoms with van der Waals surface area (Å²) < 4.78 is 10.5. The maximum atomic E-state index is 12.3. The Bertz CT molecular complexity index is 523. The van der Waals surface area contributed by atoms with E-state index in [-0.39, 0.29) is 5.91 Å². The molecule has 1 atom stereocenters. The fraction of sp³-hybridized carbons (Fsp3) is 0.467. The maximum Gasteiger partial charge on any atom is 0.341 e. The van der Waals surface area contributed by atoms with Crippen molar-refractivity contribution in [2.75, 3.05) is 25.1 Å². The second kappa shape index (κ2) is 6.58. The molecule has 1 heterocycles. The molecule has 0 spiro atoms. The van der Waals surface area contributed by atoms with Crippen LogP contribution in [-0.4, -0.2) is 36.8 Å². The third-order valence-electron chi connectivity index (χ3n) is 3.44. The molecule has 21 heavy (non-hydrogen) atoms. The monoisotopic (exact) mass is 293 g/mol. The second-order valence-corrected chi connectivity index (χ2v) is 5.38. The fourth-order valence-corrected chi connectivity index (χ4v) is 2.20. The summed E-state index contributed by atoms with van der Waals surface area (Å²) in [6.07, 6.45) is 1.65. The minimum atomic E-state index is -1.05. The largest absolute Gasteiger partial charge is 0.482 e. The van der Waals surface area contributed by atoms with E-state index in [4.69, 9.17) is 14.6 Å². The molecular formula is C15H19NO5. The molecule has 0 aliphatic carbocycles. The van der Waals surface area contributed by atoms with Crippen LogP contribution in [0.5, 0.6) is 5.75 Å². The van der Waals surface area contributed by atoms with Gasteiger partial charge in [-0.25, -0.2) is 4.79 Å². The summed E-state index contributed by atoms with van der Waals surface area (Å²) in [5.74, 6) is -0.742. The van der Waals surface area contributed by atoms with Gasteiger partial charge in [0.25, 0.3) is 0 Å². The van der Waals surface area contributed by atoms with E-state index in [1.807, 2.05) is 6.92 Å². The van der Waals surface area contributed by atoms with Gasteiger partial charge in [0.05, 0.1) is 12.0 Å². The number of ether oxygens (including phenoxy) is 2. The first-order valence-electron chi connectivity index (χ1n) is 6.83. The number of hydrogen-bond donors (Lipinski definition) is 2. The van der Waals surface area contributed by atoms with Crippen LogP contribution in [0, 0.1) is 5.41 Å². The van der Waals surface area contributed by atoms with Crippen LogP contribution < -0.4 is 10.1 Å². The number of nitrogens with one attached hydrogen (secondary N) is 1. The topological polar surface area (TPSA) is 84.9 Å². The molecule has 2 N–H and O–H groups in total. The summed E-state index contributed by atoms with van der Waals surface area (Å²) in [7, 11) is 0. The van der Waals surface area contributed by atoms with Crippen molar-refractivity contribution in [2.45, 2.75) is 19.8 Å². The average Bonchev–Trinajstić information content (AvgIpc) is 2.46. The lowest BCUT2D eigenvalue weighted by atomic mass is 9.84. The molecule has 6 nitrogen and oxygen atoms in total. The predicted octanol–water partition coefficient (Wildman–Crippen LogP) is 1.91. The van der Waals surface area contributed by atoms with Crippen LogP contribution in [0.3, 0.4) is 0 Å². The van der Waals surface area contributed by atoms with Gasteiger partial charge in [-0.2, -0.15) is 0 Å². The van der Waals surface area contributed by atoms with Gasteiger partial charge in [0.1, 0.15) is 5.75 Å². The highest BCUT2D eigenvalue weighted by atomic mass is 16.5. The lowest BCUT2D eigenvalue weighted by Crippen LogP contribution is -2.40. The summed E-state index contributed by atoms with van der Waals surface area (Å²) in [6.45, 7) is 2.57. The van der Waals surface area contributed by atoms with E-state index in [2.05, 4.69) is 5.32 Å². The number of aliphatic carboxylic acids is 1. The lowest BCUT2D eigenvalue weighted by molar-refractivity contribution is -0.139. The SMILES string of the molecule is CC1(C(=O)Nc2cccc(OCC(=O)O)c2)CCCOC1. The molecule has 0 bridgehead atoms. The Morgan fingerprint density at radius 3 is 2.95 bits per heavy atom. The molecule has 1 aliphatic rings. The van der Waals surface area contributed by atoms with Crippen LogP contribution in [0.25, 0.3) is 0 Å². The van der Waals surface area contributed by atoms with Crippen LogP contribution >= 0.6 is 0 Å². The fourth-order valence-electron chi connectivity index (χ4n) is 2.20. The number of benzene rings is 1. The minimum Gasteiger partial charge on any atom is -0.482 e. The first-order chi connectivity index (χ1) is 9.99. The first-order valence-corrected chi connectivity index (χ1v) is 6.83. The summed E-state index contributed by atoms with van der Waals surface area (Å²) in [5, 5.41) is 11.4. The van der Waals surface area contributed by atoms with Crippen molar-refractivity contribution in [3.05, 3.63) is 24.3 Å². The van der Waals surface area contributed by atoms with Crippen molar-refractivity contribution in [1.29, 1.82) is 0 Å². The number of carbonyl (C=O) groups excluding carboxylic acids is 1. The van der Waals surface area contributed by atoms with Crippen molar-refractivity contribution in [2.24, 2.45) is 5.41 Å². The van der Waals surface area contributed by atoms with Gasteiger partial charge in [-0.15, -0.1) is 0 Å². The van der Waals surface area contributed by atoms with Crippen LogP contribution in [0.1, 0.15) is 19.8 Å². The highest BCUT2D eigenvalue weighted by molar-refractivity contribution is 5.95. The molecule has 0 radical (unpaired) electrons. The van der Waals surface area contributed by atoms with E-state index in [0.29, 0.717) is 24.7 Å². The normalized spacial score (nSPS) is 21.6. The van der Waals surface area contributed by atoms with E-state index in [9.17, 15) is 9.59 Å². The number of carbonyl (C=O) groups is 2. The molecule has 1 aromatic carbocycles. The summed E-state index contributed by atoms with van der Waals surface area (Å²) in [6, 6.07) is 6.68. The smallest absolute Gasteiger partial charge is 0.341 e. The lowest BCUT2D eigenvalue weighted by Gasteiger charge is -2.31. The summed E-state index contributed by atoms with van der Waals surface area (Å²) in [5.41, 5.74) is 0.0468. The summed E-state index contributed by atoms with van der Waals surface area (Å²) >= 11 is 0. The molecule has 1 amide bonds. The van der Waals surface area contributed by atoms with Crippen molar-refractivity contribution < 1.29 is 24.2 Å². The van der Waals surface area contributed by atoms with E-state index < -0.39 is 18.0 Å². The highest BCUT2D eigenvalue weighted by Crippen LogP contribution is 2.30. The van der Waals surface area contributed by atoms with Crippen molar-refractivity contribution in [1.82, 2.24) is 0 Å². The molecule has 1 fully saturated rings. The third kappa shape index (κ3) is 4.19. The second-order valence-electron chi connectivity index (χ2n) is 5.38. The third-order valence-corrected chi connectivity index (χ3v) is 3.44. The zero-order valence-electron chi connectivity index (χ0n) is 11.9. The Morgan fingerprint density at radius 2 is 2.29 bits per heavy atom. The van der Waals surface area contributed by atoms with Gasteiger partial charge < -0.3 is 19.9 Å². The average molecular weight is 293 g/mol. The zero-order valence-corrected chi connectivity index (χ0v) is 11.9. The number of rotatable bonds is 5. The number of anilines is 1. The quantitative estimate of drug-likeness (QED) is 0.866. The van der Waals surface area contributed by atoms with E-state index in [1.54, 1.807) is 24.3 Å². The minimum absolute atomic E-state index is 0.0995. The number of carboxylic acid groups (broad SMARTS) is 1. The molecule has 114 valence electrons. The molecule has 1 aromatic rings. The first kappa shape index (κ1) is 15.3. The van der Waals surface area contributed by atoms with Gasteiger partial charge in [0.2, 0.25) is 5.91 Å². The Hall–Kier alpha value is -2.08. The van der Waals surface area contributed by atoms with E-state index in [1.165, 1.54) is 0 Å². The Kier molecular flexibility index (Phi) is 4.80. The van der Waals surface area contributed by atoms with Gasteiger partial charge in [0.15, 0.2) is 6.61 Å². The van der Waals surface area contributed by atoms with E-state index >= 15 is 0 Å². The number of hydrogen-bond acceptors (Lipinski definition) is 4. The molecular weight excluding hydrogens is 274 g/mol. The Balaban J connectivity index is 2.00. The van der Waals surface area contributed by atoms with Crippen LogP contribution in [0.2, 0.25) is 0 Å². The van der Waals surface area contributed by atoms with E-state index in [0.717, 1.165) is 12.8 Å². The maximum absolute atomic E-state index is 12.3. The van der Waals surface area contributed by atoms with Crippen LogP contribution in [0.4, 0.5) is 5.69 Å². The van der Waals surface area contributed by atoms with Gasteiger partial charge in [0, 0.05) is 18.4 Å². The van der Waals surface area contributed by atoms with Crippen molar-refractivity contribution in [3.63, 3.8) is 0 Å². The number of carboxylic acids is 1. The molecule has 0 aromatic heterocycles. The Morgan fingerprint density at radius 1 is 1.48 bits per heavy atom. The zero-order chi connectivity index (χ0) is 15.3. The standard InChI is InChI=1S/C15H19NO5/c1-15(6-3-7-20-10-15)14(19)16-11-4-2-5-12(8-11)21-9-13(17)18/h2,4-5,8H,3,6-7,9-10H2,1H3,(H,16,19)(H,17,18). The summed E-state index contributed by atoms with van der Waals surface area (Å²) in [4.78, 5) is 22.8. The molecule has 1 unspecified atom stereocenters. The van der Waals surface area contributed by atoms with Crippen LogP contribution in [-0.2, 0) is 14.3 Å². The predicted molar refractivity (Wildman–Crippen MR) is 76.4 cm³/mol. The van der Waals surface area contributed by atoms with Crippen molar-refractivity contribution >= 4 is 17.6 Å².